The Balaban J connectivity index is 2.52. The van der Waals surface area contributed by atoms with Gasteiger partial charge in [0.1, 0.15) is 12.4 Å². The number of fused-ring (bicyclic) bond motifs is 1. The molecule has 0 atom stereocenters. The summed E-state index contributed by atoms with van der Waals surface area (Å²) in [6.45, 7) is 0.479. The van der Waals surface area contributed by atoms with Crippen LogP contribution in [0.2, 0.25) is 0 Å². The van der Waals surface area contributed by atoms with Crippen LogP contribution in [0.3, 0.4) is 0 Å². The van der Waals surface area contributed by atoms with Crippen molar-refractivity contribution in [3.8, 4) is 0 Å². The summed E-state index contributed by atoms with van der Waals surface area (Å²) in [4.78, 5) is 11.1. The topological polar surface area (TPSA) is 46.1 Å². The number of carbonyl (C=O) groups excluding carboxylic acids is 1. The molecule has 0 radical (unpaired) electrons. The van der Waals surface area contributed by atoms with Gasteiger partial charge in [0.05, 0.1) is 0 Å². The van der Waals surface area contributed by atoms with Gasteiger partial charge in [-0.25, -0.2) is 0 Å². The van der Waals surface area contributed by atoms with E-state index in [1.807, 2.05) is 6.20 Å². The van der Waals surface area contributed by atoms with Gasteiger partial charge in [0.2, 0.25) is 0 Å². The first-order valence-corrected chi connectivity index (χ1v) is 3.96. The van der Waals surface area contributed by atoms with Crippen molar-refractivity contribution in [3.63, 3.8) is 0 Å². The van der Waals surface area contributed by atoms with Crippen LogP contribution in [-0.4, -0.2) is 17.3 Å². The molecule has 0 saturated heterocycles. The molecule has 1 aliphatic heterocycles. The average Bonchev–Trinajstić information content (AvgIpc) is 2.31. The lowest BCUT2D eigenvalue weighted by atomic mass is 10.4. The maximum atomic E-state index is 11.1. The Hall–Kier alpha value is -0.970. The van der Waals surface area contributed by atoms with Gasteiger partial charge in [-0.05, 0) is 22.0 Å². The second-order valence-corrected chi connectivity index (χ2v) is 3.17. The van der Waals surface area contributed by atoms with Crippen molar-refractivity contribution in [2.45, 2.75) is 0 Å². The highest BCUT2D eigenvalue weighted by atomic mass is 79.9. The lowest BCUT2D eigenvalue weighted by Gasteiger charge is -2.17. The molecule has 2 rings (SSSR count). The largest absolute Gasteiger partial charge is 0.332 e. The number of aromatic nitrogens is 1. The molecular formula is C6H6BrN3O. The zero-order valence-electron chi connectivity index (χ0n) is 5.60. The van der Waals surface area contributed by atoms with E-state index < -0.39 is 0 Å². The predicted octanol–water partition coefficient (Wildman–Crippen LogP) is 0.495. The van der Waals surface area contributed by atoms with Gasteiger partial charge in [0.15, 0.2) is 0 Å². The normalized spacial score (nSPS) is 15.2. The third-order valence-electron chi connectivity index (χ3n) is 1.52. The van der Waals surface area contributed by atoms with E-state index in [1.165, 1.54) is 0 Å². The molecule has 0 bridgehead atoms. The van der Waals surface area contributed by atoms with Gasteiger partial charge in [-0.2, -0.15) is 0 Å². The monoisotopic (exact) mass is 215 g/mol. The number of hydrogen-bond acceptors (Lipinski definition) is 2. The molecule has 0 unspecified atom stereocenters. The average molecular weight is 216 g/mol. The first kappa shape index (κ1) is 6.72. The summed E-state index contributed by atoms with van der Waals surface area (Å²) in [6, 6.07) is 1.77. The first-order chi connectivity index (χ1) is 5.27. The highest BCUT2D eigenvalue weighted by Crippen LogP contribution is 2.14. The van der Waals surface area contributed by atoms with Crippen molar-refractivity contribution < 1.29 is 4.79 Å². The Labute approximate surface area is 71.7 Å². The Morgan fingerprint density at radius 3 is 3.18 bits per heavy atom. The van der Waals surface area contributed by atoms with Gasteiger partial charge < -0.3 is 10.7 Å². The van der Waals surface area contributed by atoms with Crippen LogP contribution < -0.4 is 10.7 Å². The van der Waals surface area contributed by atoms with Crippen LogP contribution >= 0.6 is 15.9 Å². The van der Waals surface area contributed by atoms with Crippen molar-refractivity contribution in [2.75, 3.05) is 12.1 Å². The van der Waals surface area contributed by atoms with E-state index in [0.29, 0.717) is 12.4 Å². The van der Waals surface area contributed by atoms with E-state index >= 15 is 0 Å². The van der Waals surface area contributed by atoms with Gasteiger partial charge in [-0.15, -0.1) is 0 Å². The number of nitrogens with one attached hydrogen (secondary N) is 2. The first-order valence-electron chi connectivity index (χ1n) is 3.17. The number of carbonyl (C=O) groups is 1. The minimum Gasteiger partial charge on any atom is -0.332 e. The van der Waals surface area contributed by atoms with Crippen LogP contribution in [0.15, 0.2) is 16.7 Å². The summed E-state index contributed by atoms with van der Waals surface area (Å²) in [5, 5.41) is 2.66. The van der Waals surface area contributed by atoms with Crippen LogP contribution in [0.4, 0.5) is 0 Å². The Bertz CT molecular complexity index is 307. The van der Waals surface area contributed by atoms with E-state index in [-0.39, 0.29) is 5.91 Å². The van der Waals surface area contributed by atoms with Gasteiger partial charge >= 0.3 is 0 Å². The quantitative estimate of drug-likeness (QED) is 0.663. The van der Waals surface area contributed by atoms with Crippen LogP contribution in [0.1, 0.15) is 10.5 Å². The summed E-state index contributed by atoms with van der Waals surface area (Å²) in [5.74, 6) is -0.0468. The van der Waals surface area contributed by atoms with Gasteiger partial charge in [0, 0.05) is 10.7 Å². The summed E-state index contributed by atoms with van der Waals surface area (Å²) in [7, 11) is 0. The minimum atomic E-state index is -0.0468. The molecule has 1 aromatic rings. The smallest absolute Gasteiger partial charge is 0.271 e. The molecule has 2 heterocycles. The van der Waals surface area contributed by atoms with E-state index in [2.05, 4.69) is 26.7 Å². The summed E-state index contributed by atoms with van der Waals surface area (Å²) in [6.07, 6.45) is 1.81. The summed E-state index contributed by atoms with van der Waals surface area (Å²) < 4.78 is 2.60. The van der Waals surface area contributed by atoms with Gasteiger partial charge in [0.25, 0.3) is 5.91 Å². The van der Waals surface area contributed by atoms with Crippen LogP contribution in [0, 0.1) is 0 Å². The van der Waals surface area contributed by atoms with Crippen molar-refractivity contribution in [2.24, 2.45) is 0 Å². The molecule has 4 nitrogen and oxygen atoms in total. The van der Waals surface area contributed by atoms with Crippen molar-refractivity contribution in [3.05, 3.63) is 22.4 Å². The molecule has 1 aliphatic rings. The highest BCUT2D eigenvalue weighted by molar-refractivity contribution is 9.10. The van der Waals surface area contributed by atoms with Crippen molar-refractivity contribution >= 4 is 21.8 Å². The van der Waals surface area contributed by atoms with E-state index in [9.17, 15) is 4.79 Å². The molecule has 5 heteroatoms. The minimum absolute atomic E-state index is 0.0468. The van der Waals surface area contributed by atoms with Crippen molar-refractivity contribution in [1.82, 2.24) is 9.99 Å². The standard InChI is InChI=1S/C6H6BrN3O/c7-4-1-5-6(11)8-3-9-10(5)2-4/h1-2,9H,3H2,(H,8,11). The second kappa shape index (κ2) is 2.27. The predicted molar refractivity (Wildman–Crippen MR) is 43.8 cm³/mol. The van der Waals surface area contributed by atoms with Crippen molar-refractivity contribution in [1.29, 1.82) is 0 Å². The molecule has 0 saturated carbocycles. The summed E-state index contributed by atoms with van der Waals surface area (Å²) >= 11 is 3.28. The fourth-order valence-electron chi connectivity index (χ4n) is 1.03. The van der Waals surface area contributed by atoms with E-state index in [1.54, 1.807) is 10.7 Å². The molecular weight excluding hydrogens is 210 g/mol. The van der Waals surface area contributed by atoms with Crippen LogP contribution in [0.5, 0.6) is 0 Å². The Kier molecular flexibility index (Phi) is 1.38. The lowest BCUT2D eigenvalue weighted by Crippen LogP contribution is -2.40. The molecule has 1 aromatic heterocycles. The zero-order chi connectivity index (χ0) is 7.84. The van der Waals surface area contributed by atoms with Crippen LogP contribution in [-0.2, 0) is 0 Å². The lowest BCUT2D eigenvalue weighted by molar-refractivity contribution is 0.0936. The summed E-state index contributed by atoms with van der Waals surface area (Å²) in [5.41, 5.74) is 3.60. The van der Waals surface area contributed by atoms with Gasteiger partial charge in [-0.3, -0.25) is 9.47 Å². The van der Waals surface area contributed by atoms with Gasteiger partial charge in [-0.1, -0.05) is 0 Å². The number of hydrogen-bond donors (Lipinski definition) is 2. The maximum Gasteiger partial charge on any atom is 0.271 e. The molecule has 58 valence electrons. The zero-order valence-corrected chi connectivity index (χ0v) is 7.18. The molecule has 0 fully saturated rings. The number of nitrogens with zero attached hydrogens (tertiary/aromatic N) is 1. The molecule has 0 aliphatic carbocycles. The van der Waals surface area contributed by atoms with Crippen LogP contribution in [0.25, 0.3) is 0 Å². The number of halogens is 1. The molecule has 0 aromatic carbocycles. The Morgan fingerprint density at radius 2 is 2.45 bits per heavy atom. The maximum absolute atomic E-state index is 11.1. The molecule has 2 N–H and O–H groups in total. The third kappa shape index (κ3) is 1.01. The Morgan fingerprint density at radius 1 is 1.64 bits per heavy atom. The van der Waals surface area contributed by atoms with E-state index in [0.717, 1.165) is 4.47 Å². The fourth-order valence-corrected chi connectivity index (χ4v) is 1.45. The molecule has 1 amide bonds. The fraction of sp³-hybridized carbons (Fsp3) is 0.167. The van der Waals surface area contributed by atoms with E-state index in [4.69, 9.17) is 0 Å². The molecule has 11 heavy (non-hydrogen) atoms. The SMILES string of the molecule is O=C1NCNn2cc(Br)cc21. The highest BCUT2D eigenvalue weighted by Gasteiger charge is 2.15. The number of amides is 1. The number of rotatable bonds is 0. The second-order valence-electron chi connectivity index (χ2n) is 2.25. The molecule has 0 spiro atoms. The third-order valence-corrected chi connectivity index (χ3v) is 1.95.